The number of hydrogen-bond donors (Lipinski definition) is 1. The van der Waals surface area contributed by atoms with E-state index in [1.807, 2.05) is 30.3 Å². The Labute approximate surface area is 173 Å². The zero-order valence-electron chi connectivity index (χ0n) is 17.0. The van der Waals surface area contributed by atoms with Crippen LogP contribution in [0.25, 0.3) is 17.0 Å². The smallest absolute Gasteiger partial charge is 0.254 e. The predicted octanol–water partition coefficient (Wildman–Crippen LogP) is 3.57. The van der Waals surface area contributed by atoms with Gasteiger partial charge in [0.05, 0.1) is 34.1 Å². The van der Waals surface area contributed by atoms with Crippen molar-refractivity contribution in [2.45, 2.75) is 0 Å². The molecule has 154 valence electrons. The molecule has 0 radical (unpaired) electrons. The maximum Gasteiger partial charge on any atom is 0.254 e. The maximum absolute atomic E-state index is 5.40. The third-order valence-corrected chi connectivity index (χ3v) is 4.55. The summed E-state index contributed by atoms with van der Waals surface area (Å²) < 4.78 is 23.1. The molecule has 30 heavy (non-hydrogen) atoms. The first-order chi connectivity index (χ1) is 14.7. The van der Waals surface area contributed by atoms with Crippen LogP contribution in [-0.2, 0) is 0 Å². The third-order valence-electron chi connectivity index (χ3n) is 4.55. The molecule has 0 aliphatic carbocycles. The van der Waals surface area contributed by atoms with Crippen molar-refractivity contribution >= 4 is 17.4 Å². The first-order valence-electron chi connectivity index (χ1n) is 9.10. The lowest BCUT2D eigenvalue weighted by molar-refractivity contribution is 0.324. The molecule has 2 aromatic heterocycles. The van der Waals surface area contributed by atoms with Gasteiger partial charge in [-0.3, -0.25) is 0 Å². The van der Waals surface area contributed by atoms with Gasteiger partial charge in [-0.05, 0) is 30.3 Å². The van der Waals surface area contributed by atoms with Crippen molar-refractivity contribution in [3.8, 4) is 34.3 Å². The Morgan fingerprint density at radius 3 is 2.13 bits per heavy atom. The van der Waals surface area contributed by atoms with E-state index < -0.39 is 0 Å². The number of ether oxygens (including phenoxy) is 4. The number of benzene rings is 2. The second-order valence-electron chi connectivity index (χ2n) is 6.24. The molecule has 0 bridgehead atoms. The molecule has 2 aromatic carbocycles. The monoisotopic (exact) mass is 407 g/mol. The lowest BCUT2D eigenvalue weighted by Gasteiger charge is -2.14. The van der Waals surface area contributed by atoms with E-state index in [0.717, 1.165) is 17.0 Å². The SMILES string of the molecule is COc1ccc(-c2ccnc3nc(Nc4cc(OC)c(OC)c(OC)c4)nn23)cc1. The first kappa shape index (κ1) is 19.3. The summed E-state index contributed by atoms with van der Waals surface area (Å²) in [5.41, 5.74) is 2.51. The van der Waals surface area contributed by atoms with E-state index in [-0.39, 0.29) is 0 Å². The van der Waals surface area contributed by atoms with Gasteiger partial charge in [-0.25, -0.2) is 4.98 Å². The van der Waals surface area contributed by atoms with Gasteiger partial charge < -0.3 is 24.3 Å². The number of fused-ring (bicyclic) bond motifs is 1. The van der Waals surface area contributed by atoms with Gasteiger partial charge in [0.2, 0.25) is 11.7 Å². The van der Waals surface area contributed by atoms with Crippen LogP contribution in [0.15, 0.2) is 48.7 Å². The summed E-state index contributed by atoms with van der Waals surface area (Å²) in [6.07, 6.45) is 1.70. The van der Waals surface area contributed by atoms with E-state index in [1.54, 1.807) is 51.3 Å². The van der Waals surface area contributed by atoms with Crippen molar-refractivity contribution in [2.75, 3.05) is 33.8 Å². The highest BCUT2D eigenvalue weighted by molar-refractivity contribution is 5.67. The molecular weight excluding hydrogens is 386 g/mol. The largest absolute Gasteiger partial charge is 0.497 e. The summed E-state index contributed by atoms with van der Waals surface area (Å²) in [5.74, 6) is 3.21. The minimum atomic E-state index is 0.387. The summed E-state index contributed by atoms with van der Waals surface area (Å²) in [6.45, 7) is 0. The fourth-order valence-corrected chi connectivity index (χ4v) is 3.11. The van der Waals surface area contributed by atoms with Crippen molar-refractivity contribution in [1.29, 1.82) is 0 Å². The zero-order valence-corrected chi connectivity index (χ0v) is 17.0. The molecular formula is C21H21N5O4. The van der Waals surface area contributed by atoms with Gasteiger partial charge in [0.15, 0.2) is 11.5 Å². The van der Waals surface area contributed by atoms with E-state index in [1.165, 1.54) is 0 Å². The van der Waals surface area contributed by atoms with Crippen molar-refractivity contribution in [3.05, 3.63) is 48.7 Å². The quantitative estimate of drug-likeness (QED) is 0.497. The molecule has 0 spiro atoms. The van der Waals surface area contributed by atoms with Crippen molar-refractivity contribution in [3.63, 3.8) is 0 Å². The average Bonchev–Trinajstić information content (AvgIpc) is 3.20. The van der Waals surface area contributed by atoms with Gasteiger partial charge in [0.1, 0.15) is 5.75 Å². The lowest BCUT2D eigenvalue weighted by Crippen LogP contribution is -1.99. The summed E-state index contributed by atoms with van der Waals surface area (Å²) in [4.78, 5) is 8.79. The highest BCUT2D eigenvalue weighted by atomic mass is 16.5. The Morgan fingerprint density at radius 1 is 0.833 bits per heavy atom. The molecule has 0 amide bonds. The van der Waals surface area contributed by atoms with Gasteiger partial charge in [0, 0.05) is 29.6 Å². The van der Waals surface area contributed by atoms with Gasteiger partial charge in [-0.15, -0.1) is 5.10 Å². The molecule has 0 fully saturated rings. The third kappa shape index (κ3) is 3.52. The van der Waals surface area contributed by atoms with Crippen molar-refractivity contribution in [1.82, 2.24) is 19.6 Å². The summed E-state index contributed by atoms with van der Waals surface area (Å²) in [6, 6.07) is 13.2. The summed E-state index contributed by atoms with van der Waals surface area (Å²) in [5, 5.41) is 7.74. The van der Waals surface area contributed by atoms with E-state index in [0.29, 0.717) is 34.7 Å². The second-order valence-corrected chi connectivity index (χ2v) is 6.24. The molecule has 4 aromatic rings. The Kier molecular flexibility index (Phi) is 5.25. The molecule has 0 aliphatic heterocycles. The van der Waals surface area contributed by atoms with Crippen molar-refractivity contribution < 1.29 is 18.9 Å². The van der Waals surface area contributed by atoms with Crippen LogP contribution in [0, 0.1) is 0 Å². The van der Waals surface area contributed by atoms with Crippen LogP contribution >= 0.6 is 0 Å². The van der Waals surface area contributed by atoms with E-state index >= 15 is 0 Å². The molecule has 0 aliphatic rings. The standard InChI is InChI=1S/C21H21N5O4/c1-27-15-7-5-13(6-8-15)16-9-10-22-21-24-20(25-26(16)21)23-14-11-17(28-2)19(30-4)18(12-14)29-3/h5-12H,1-4H3,(H,23,25). The minimum Gasteiger partial charge on any atom is -0.497 e. The number of aromatic nitrogens is 4. The maximum atomic E-state index is 5.40. The second kappa shape index (κ2) is 8.16. The van der Waals surface area contributed by atoms with Crippen LogP contribution in [0.4, 0.5) is 11.6 Å². The van der Waals surface area contributed by atoms with Gasteiger partial charge >= 0.3 is 0 Å². The molecule has 0 atom stereocenters. The van der Waals surface area contributed by atoms with Crippen LogP contribution in [0.3, 0.4) is 0 Å². The normalized spacial score (nSPS) is 10.7. The number of methoxy groups -OCH3 is 4. The molecule has 2 heterocycles. The molecule has 9 heteroatoms. The van der Waals surface area contributed by atoms with Crippen LogP contribution in [-0.4, -0.2) is 48.0 Å². The van der Waals surface area contributed by atoms with Gasteiger partial charge in [0.25, 0.3) is 5.78 Å². The number of hydrogen-bond acceptors (Lipinski definition) is 8. The Hall–Kier alpha value is -4.01. The molecule has 0 saturated carbocycles. The molecule has 4 rings (SSSR count). The van der Waals surface area contributed by atoms with E-state index in [2.05, 4.69) is 20.4 Å². The topological polar surface area (TPSA) is 92.0 Å². The lowest BCUT2D eigenvalue weighted by atomic mass is 10.1. The fraction of sp³-hybridized carbons (Fsp3) is 0.190. The number of anilines is 2. The van der Waals surface area contributed by atoms with Crippen LogP contribution in [0.2, 0.25) is 0 Å². The molecule has 9 nitrogen and oxygen atoms in total. The van der Waals surface area contributed by atoms with Crippen molar-refractivity contribution in [2.24, 2.45) is 0 Å². The highest BCUT2D eigenvalue weighted by Gasteiger charge is 2.15. The Morgan fingerprint density at radius 2 is 1.53 bits per heavy atom. The predicted molar refractivity (Wildman–Crippen MR) is 112 cm³/mol. The van der Waals surface area contributed by atoms with E-state index in [9.17, 15) is 0 Å². The van der Waals surface area contributed by atoms with Crippen LogP contribution < -0.4 is 24.3 Å². The zero-order chi connectivity index (χ0) is 21.1. The number of rotatable bonds is 7. The first-order valence-corrected chi connectivity index (χ1v) is 9.10. The van der Waals surface area contributed by atoms with Crippen LogP contribution in [0.5, 0.6) is 23.0 Å². The Balaban J connectivity index is 1.71. The summed E-state index contributed by atoms with van der Waals surface area (Å²) in [7, 11) is 6.33. The summed E-state index contributed by atoms with van der Waals surface area (Å²) >= 11 is 0. The minimum absolute atomic E-state index is 0.387. The molecule has 0 saturated heterocycles. The number of nitrogens with one attached hydrogen (secondary N) is 1. The molecule has 1 N–H and O–H groups in total. The fourth-order valence-electron chi connectivity index (χ4n) is 3.11. The van der Waals surface area contributed by atoms with Crippen LogP contribution in [0.1, 0.15) is 0 Å². The molecule has 0 unspecified atom stereocenters. The van der Waals surface area contributed by atoms with Gasteiger partial charge in [-0.2, -0.15) is 9.50 Å². The van der Waals surface area contributed by atoms with Gasteiger partial charge in [-0.1, -0.05) is 0 Å². The number of nitrogens with zero attached hydrogens (tertiary/aromatic N) is 4. The average molecular weight is 407 g/mol. The Bertz CT molecular complexity index is 1150. The highest BCUT2D eigenvalue weighted by Crippen LogP contribution is 2.40. The van der Waals surface area contributed by atoms with E-state index in [4.69, 9.17) is 18.9 Å².